The minimum absolute atomic E-state index is 0.0502. The molecule has 2 N–H and O–H groups in total. The van der Waals surface area contributed by atoms with Crippen molar-refractivity contribution >= 4 is 16.2 Å². The van der Waals surface area contributed by atoms with Crippen molar-refractivity contribution in [1.29, 1.82) is 0 Å². The van der Waals surface area contributed by atoms with Gasteiger partial charge in [-0.15, -0.1) is 0 Å². The Labute approximate surface area is 121 Å². The number of carbonyl (C=O) groups is 1. The average Bonchev–Trinajstić information content (AvgIpc) is 2.34. The van der Waals surface area contributed by atoms with Gasteiger partial charge in [0, 0.05) is 19.6 Å². The monoisotopic (exact) mass is 306 g/mol. The van der Waals surface area contributed by atoms with Crippen molar-refractivity contribution in [2.75, 3.05) is 19.6 Å². The average molecular weight is 306 g/mol. The summed E-state index contributed by atoms with van der Waals surface area (Å²) < 4.78 is 28.1. The first-order valence-corrected chi connectivity index (χ1v) is 8.53. The predicted octanol–water partition coefficient (Wildman–Crippen LogP) is 1.44. The van der Waals surface area contributed by atoms with Crippen molar-refractivity contribution in [1.82, 2.24) is 9.03 Å². The van der Waals surface area contributed by atoms with Crippen LogP contribution in [0.5, 0.6) is 0 Å². The Morgan fingerprint density at radius 1 is 1.25 bits per heavy atom. The molecule has 0 aromatic rings. The van der Waals surface area contributed by atoms with Crippen LogP contribution < -0.4 is 4.72 Å². The molecule has 6 nitrogen and oxygen atoms in total. The number of nitrogens with zero attached hydrogens (tertiary/aromatic N) is 1. The maximum Gasteiger partial charge on any atom is 0.307 e. The number of carboxylic acid groups (broad SMARTS) is 1. The van der Waals surface area contributed by atoms with Gasteiger partial charge in [-0.25, -0.2) is 4.72 Å². The summed E-state index contributed by atoms with van der Waals surface area (Å²) in [7, 11) is -3.55. The van der Waals surface area contributed by atoms with Crippen LogP contribution in [0.2, 0.25) is 0 Å². The van der Waals surface area contributed by atoms with Crippen LogP contribution in [0, 0.1) is 11.3 Å². The van der Waals surface area contributed by atoms with Gasteiger partial charge in [-0.2, -0.15) is 12.7 Å². The zero-order valence-corrected chi connectivity index (χ0v) is 13.4. The Kier molecular flexibility index (Phi) is 5.97. The van der Waals surface area contributed by atoms with E-state index in [-0.39, 0.29) is 12.0 Å². The van der Waals surface area contributed by atoms with Crippen LogP contribution in [0.25, 0.3) is 0 Å². The summed E-state index contributed by atoms with van der Waals surface area (Å²) in [5, 5.41) is 9.20. The zero-order valence-electron chi connectivity index (χ0n) is 12.6. The van der Waals surface area contributed by atoms with Gasteiger partial charge < -0.3 is 5.11 Å². The highest BCUT2D eigenvalue weighted by Crippen LogP contribution is 2.24. The van der Waals surface area contributed by atoms with E-state index in [0.717, 1.165) is 19.3 Å². The van der Waals surface area contributed by atoms with Crippen LogP contribution in [-0.4, -0.2) is 43.4 Å². The maximum atomic E-state index is 12.1. The molecular weight excluding hydrogens is 280 g/mol. The molecule has 0 spiro atoms. The molecule has 1 atom stereocenters. The van der Waals surface area contributed by atoms with Gasteiger partial charge in [-0.05, 0) is 24.7 Å². The molecular formula is C13H26N2O4S. The van der Waals surface area contributed by atoms with Crippen LogP contribution >= 0.6 is 0 Å². The maximum absolute atomic E-state index is 12.1. The normalized spacial score (nSPS) is 19.8. The van der Waals surface area contributed by atoms with Gasteiger partial charge in [0.2, 0.25) is 0 Å². The van der Waals surface area contributed by atoms with Gasteiger partial charge in [0.05, 0.1) is 5.92 Å². The van der Waals surface area contributed by atoms with Gasteiger partial charge in [-0.1, -0.05) is 27.2 Å². The third kappa shape index (κ3) is 5.76. The highest BCUT2D eigenvalue weighted by molar-refractivity contribution is 7.87. The first-order chi connectivity index (χ1) is 9.12. The molecule has 0 amide bonds. The molecule has 0 aliphatic carbocycles. The summed E-state index contributed by atoms with van der Waals surface area (Å²) in [6.07, 6.45) is 3.22. The molecule has 0 radical (unpaired) electrons. The Bertz CT molecular complexity index is 422. The van der Waals surface area contributed by atoms with E-state index in [1.807, 2.05) is 20.8 Å². The van der Waals surface area contributed by atoms with Gasteiger partial charge in [0.15, 0.2) is 0 Å². The quantitative estimate of drug-likeness (QED) is 0.777. The largest absolute Gasteiger partial charge is 0.481 e. The minimum Gasteiger partial charge on any atom is -0.481 e. The van der Waals surface area contributed by atoms with Crippen molar-refractivity contribution < 1.29 is 18.3 Å². The molecule has 1 saturated heterocycles. The zero-order chi connectivity index (χ0) is 15.4. The van der Waals surface area contributed by atoms with Gasteiger partial charge >= 0.3 is 5.97 Å². The molecule has 7 heteroatoms. The topological polar surface area (TPSA) is 86.7 Å². The molecule has 1 rings (SSSR count). The second-order valence-corrected chi connectivity index (χ2v) is 8.37. The number of piperidine rings is 1. The second kappa shape index (κ2) is 6.87. The molecule has 20 heavy (non-hydrogen) atoms. The lowest BCUT2D eigenvalue weighted by atomic mass is 9.85. The lowest BCUT2D eigenvalue weighted by Gasteiger charge is -2.28. The molecule has 1 unspecified atom stereocenters. The molecule has 1 aliphatic heterocycles. The van der Waals surface area contributed by atoms with Crippen molar-refractivity contribution in [2.45, 2.75) is 46.5 Å². The predicted molar refractivity (Wildman–Crippen MR) is 77.5 cm³/mol. The Morgan fingerprint density at radius 2 is 1.80 bits per heavy atom. The van der Waals surface area contributed by atoms with E-state index in [9.17, 15) is 18.3 Å². The molecule has 0 saturated carbocycles. The highest BCUT2D eigenvalue weighted by atomic mass is 32.2. The van der Waals surface area contributed by atoms with Crippen LogP contribution in [0.1, 0.15) is 46.5 Å². The van der Waals surface area contributed by atoms with Crippen molar-refractivity contribution in [3.63, 3.8) is 0 Å². The van der Waals surface area contributed by atoms with Gasteiger partial charge in [0.25, 0.3) is 10.2 Å². The number of carboxylic acids is 1. The minimum atomic E-state index is -3.55. The van der Waals surface area contributed by atoms with Crippen molar-refractivity contribution in [2.24, 2.45) is 11.3 Å². The summed E-state index contributed by atoms with van der Waals surface area (Å²) in [5.41, 5.74) is -0.153. The molecule has 1 fully saturated rings. The van der Waals surface area contributed by atoms with Crippen LogP contribution in [-0.2, 0) is 15.0 Å². The first-order valence-electron chi connectivity index (χ1n) is 7.09. The standard InChI is InChI=1S/C13H26N2O4S/c1-13(2,3)9-11(12(16)17)10-14-20(18,19)15-7-5-4-6-8-15/h11,14H,4-10H2,1-3H3,(H,16,17). The lowest BCUT2D eigenvalue weighted by Crippen LogP contribution is -2.45. The molecule has 0 aromatic heterocycles. The van der Waals surface area contributed by atoms with Crippen molar-refractivity contribution in [3.8, 4) is 0 Å². The van der Waals surface area contributed by atoms with E-state index in [0.29, 0.717) is 19.5 Å². The Balaban J connectivity index is 2.59. The Hall–Kier alpha value is -0.660. The smallest absolute Gasteiger partial charge is 0.307 e. The number of rotatable bonds is 6. The van der Waals surface area contributed by atoms with Crippen LogP contribution in [0.15, 0.2) is 0 Å². The summed E-state index contributed by atoms with van der Waals surface area (Å²) in [5.74, 6) is -1.66. The third-order valence-electron chi connectivity index (χ3n) is 3.38. The van der Waals surface area contributed by atoms with E-state index >= 15 is 0 Å². The third-order valence-corrected chi connectivity index (χ3v) is 4.95. The number of aliphatic carboxylic acids is 1. The molecule has 1 heterocycles. The fraction of sp³-hybridized carbons (Fsp3) is 0.923. The summed E-state index contributed by atoms with van der Waals surface area (Å²) in [6, 6.07) is 0. The molecule has 1 aliphatic rings. The first kappa shape index (κ1) is 17.4. The fourth-order valence-corrected chi connectivity index (χ4v) is 3.72. The van der Waals surface area contributed by atoms with E-state index in [1.54, 1.807) is 0 Å². The second-order valence-electron chi connectivity index (χ2n) is 6.61. The Morgan fingerprint density at radius 3 is 2.25 bits per heavy atom. The van der Waals surface area contributed by atoms with Crippen molar-refractivity contribution in [3.05, 3.63) is 0 Å². The molecule has 118 valence electrons. The van der Waals surface area contributed by atoms with E-state index in [2.05, 4.69) is 4.72 Å². The van der Waals surface area contributed by atoms with Crippen LogP contribution in [0.3, 0.4) is 0 Å². The fourth-order valence-electron chi connectivity index (χ4n) is 2.39. The SMILES string of the molecule is CC(C)(C)CC(CNS(=O)(=O)N1CCCCC1)C(=O)O. The van der Waals surface area contributed by atoms with E-state index in [1.165, 1.54) is 4.31 Å². The highest BCUT2D eigenvalue weighted by Gasteiger charge is 2.28. The number of hydrogen-bond acceptors (Lipinski definition) is 3. The van der Waals surface area contributed by atoms with Gasteiger partial charge in [0.1, 0.15) is 0 Å². The molecule has 0 bridgehead atoms. The molecule has 0 aromatic carbocycles. The lowest BCUT2D eigenvalue weighted by molar-refractivity contribution is -0.142. The van der Waals surface area contributed by atoms with Gasteiger partial charge in [-0.3, -0.25) is 4.79 Å². The summed E-state index contributed by atoms with van der Waals surface area (Å²) in [6.45, 7) is 6.83. The van der Waals surface area contributed by atoms with E-state index < -0.39 is 22.1 Å². The van der Waals surface area contributed by atoms with Crippen LogP contribution in [0.4, 0.5) is 0 Å². The summed E-state index contributed by atoms with van der Waals surface area (Å²) in [4.78, 5) is 11.2. The number of hydrogen-bond donors (Lipinski definition) is 2. The van der Waals surface area contributed by atoms with E-state index in [4.69, 9.17) is 0 Å². The summed E-state index contributed by atoms with van der Waals surface area (Å²) >= 11 is 0. The number of nitrogens with one attached hydrogen (secondary N) is 1.